The minimum absolute atomic E-state index is 0.244. The van der Waals surface area contributed by atoms with Crippen molar-refractivity contribution in [2.24, 2.45) is 17.6 Å². The zero-order valence-electron chi connectivity index (χ0n) is 13.4. The molecule has 0 aliphatic heterocycles. The second kappa shape index (κ2) is 8.08. The number of nitrogens with two attached hydrogens (primary N) is 1. The molecule has 0 aromatic carbocycles. The molecule has 112 valence electrons. The number of carbonyl (C=O) groups excluding carboxylic acids is 1. The first-order valence-electron chi connectivity index (χ1n) is 7.83. The standard InChI is InChI=1S/C18H29NO/c1-5-7-16(19)10-11-17(14(4)12-13(2)3)18(20)15-8-6-9-15/h7,10-11,13,15H,5-6,8-9,12,19H2,1-4H3/b11-10-,16-7-,17-14-. The Balaban J connectivity index is 2.94. The first-order valence-corrected chi connectivity index (χ1v) is 7.83. The van der Waals surface area contributed by atoms with Crippen molar-refractivity contribution in [1.29, 1.82) is 0 Å². The summed E-state index contributed by atoms with van der Waals surface area (Å²) in [5, 5.41) is 0. The molecule has 0 bridgehead atoms. The van der Waals surface area contributed by atoms with E-state index in [4.69, 9.17) is 5.73 Å². The van der Waals surface area contributed by atoms with Crippen molar-refractivity contribution in [2.75, 3.05) is 0 Å². The van der Waals surface area contributed by atoms with Crippen molar-refractivity contribution >= 4 is 5.78 Å². The Morgan fingerprint density at radius 3 is 2.40 bits per heavy atom. The molecule has 0 atom stereocenters. The van der Waals surface area contributed by atoms with Gasteiger partial charge in [-0.3, -0.25) is 4.79 Å². The molecule has 1 aliphatic rings. The highest BCUT2D eigenvalue weighted by atomic mass is 16.1. The van der Waals surface area contributed by atoms with Crippen LogP contribution < -0.4 is 5.73 Å². The van der Waals surface area contributed by atoms with Crippen LogP contribution in [0.3, 0.4) is 0 Å². The van der Waals surface area contributed by atoms with E-state index in [1.165, 1.54) is 12.0 Å². The van der Waals surface area contributed by atoms with E-state index in [9.17, 15) is 4.79 Å². The van der Waals surface area contributed by atoms with Gasteiger partial charge >= 0.3 is 0 Å². The molecular weight excluding hydrogens is 246 g/mol. The van der Waals surface area contributed by atoms with E-state index in [1.54, 1.807) is 0 Å². The van der Waals surface area contributed by atoms with Gasteiger partial charge in [-0.2, -0.15) is 0 Å². The van der Waals surface area contributed by atoms with Crippen molar-refractivity contribution in [3.05, 3.63) is 35.1 Å². The molecule has 0 aromatic rings. The SMILES string of the molecule is CC/C=C(N)/C=C\C(C(=O)C1CCC1)=C(/C)CC(C)C. The average molecular weight is 275 g/mol. The summed E-state index contributed by atoms with van der Waals surface area (Å²) < 4.78 is 0. The van der Waals surface area contributed by atoms with Crippen LogP contribution in [-0.2, 0) is 4.79 Å². The first-order chi connectivity index (χ1) is 9.45. The van der Waals surface area contributed by atoms with E-state index in [2.05, 4.69) is 27.7 Å². The van der Waals surface area contributed by atoms with Crippen LogP contribution in [0.5, 0.6) is 0 Å². The van der Waals surface area contributed by atoms with Gasteiger partial charge in [-0.15, -0.1) is 0 Å². The van der Waals surface area contributed by atoms with E-state index >= 15 is 0 Å². The third-order valence-electron chi connectivity index (χ3n) is 3.80. The van der Waals surface area contributed by atoms with E-state index in [0.717, 1.165) is 37.0 Å². The Kier molecular flexibility index (Phi) is 6.77. The monoisotopic (exact) mass is 275 g/mol. The maximum atomic E-state index is 12.5. The van der Waals surface area contributed by atoms with Crippen LogP contribution in [0.4, 0.5) is 0 Å². The highest BCUT2D eigenvalue weighted by Gasteiger charge is 2.27. The van der Waals surface area contributed by atoms with Crippen LogP contribution in [0.25, 0.3) is 0 Å². The summed E-state index contributed by atoms with van der Waals surface area (Å²) in [6.07, 6.45) is 10.9. The lowest BCUT2D eigenvalue weighted by Crippen LogP contribution is -2.23. The molecule has 1 aliphatic carbocycles. The minimum Gasteiger partial charge on any atom is -0.399 e. The van der Waals surface area contributed by atoms with Crippen LogP contribution in [0.2, 0.25) is 0 Å². The third-order valence-corrected chi connectivity index (χ3v) is 3.80. The molecule has 0 aromatic heterocycles. The lowest BCUT2D eigenvalue weighted by atomic mass is 9.78. The Morgan fingerprint density at radius 2 is 1.95 bits per heavy atom. The lowest BCUT2D eigenvalue weighted by Gasteiger charge is -2.25. The molecule has 1 rings (SSSR count). The molecule has 0 heterocycles. The first kappa shape index (κ1) is 16.7. The van der Waals surface area contributed by atoms with Gasteiger partial charge in [-0.05, 0) is 50.7 Å². The molecular formula is C18H29NO. The maximum Gasteiger partial charge on any atom is 0.165 e. The largest absolute Gasteiger partial charge is 0.399 e. The molecule has 2 nitrogen and oxygen atoms in total. The number of rotatable bonds is 7. The van der Waals surface area contributed by atoms with Crippen molar-refractivity contribution in [3.63, 3.8) is 0 Å². The van der Waals surface area contributed by atoms with Crippen LogP contribution in [0, 0.1) is 11.8 Å². The fraction of sp³-hybridized carbons (Fsp3) is 0.611. The molecule has 2 N–H and O–H groups in total. The van der Waals surface area contributed by atoms with E-state index in [-0.39, 0.29) is 5.92 Å². The molecule has 1 fully saturated rings. The zero-order valence-corrected chi connectivity index (χ0v) is 13.4. The van der Waals surface area contributed by atoms with Gasteiger partial charge in [0.05, 0.1) is 0 Å². The number of allylic oxidation sites excluding steroid dienone is 5. The summed E-state index contributed by atoms with van der Waals surface area (Å²) in [7, 11) is 0. The molecule has 0 spiro atoms. The number of Topliss-reactive ketones (excluding diaryl/α,β-unsaturated/α-hetero) is 1. The van der Waals surface area contributed by atoms with Gasteiger partial charge in [-0.25, -0.2) is 0 Å². The summed E-state index contributed by atoms with van der Waals surface area (Å²) in [4.78, 5) is 12.5. The van der Waals surface area contributed by atoms with Gasteiger partial charge in [-0.1, -0.05) is 38.8 Å². The van der Waals surface area contributed by atoms with Crippen molar-refractivity contribution in [1.82, 2.24) is 0 Å². The van der Waals surface area contributed by atoms with Crippen LogP contribution in [0.15, 0.2) is 35.1 Å². The fourth-order valence-corrected chi connectivity index (χ4v) is 2.53. The molecule has 0 saturated heterocycles. The van der Waals surface area contributed by atoms with Gasteiger partial charge in [0.1, 0.15) is 0 Å². The molecule has 0 radical (unpaired) electrons. The smallest absolute Gasteiger partial charge is 0.165 e. The number of hydrogen-bond acceptors (Lipinski definition) is 2. The van der Waals surface area contributed by atoms with Gasteiger partial charge in [0, 0.05) is 17.2 Å². The minimum atomic E-state index is 0.244. The molecule has 0 amide bonds. The van der Waals surface area contributed by atoms with E-state index in [1.807, 2.05) is 18.2 Å². The van der Waals surface area contributed by atoms with Crippen LogP contribution >= 0.6 is 0 Å². The highest BCUT2D eigenvalue weighted by molar-refractivity contribution is 6.00. The van der Waals surface area contributed by atoms with Gasteiger partial charge in [0.25, 0.3) is 0 Å². The van der Waals surface area contributed by atoms with Crippen LogP contribution in [-0.4, -0.2) is 5.78 Å². The topological polar surface area (TPSA) is 43.1 Å². The fourth-order valence-electron chi connectivity index (χ4n) is 2.53. The lowest BCUT2D eigenvalue weighted by molar-refractivity contribution is -0.121. The number of hydrogen-bond donors (Lipinski definition) is 1. The Morgan fingerprint density at radius 1 is 1.30 bits per heavy atom. The maximum absolute atomic E-state index is 12.5. The molecule has 0 unspecified atom stereocenters. The average Bonchev–Trinajstić information content (AvgIpc) is 2.25. The quantitative estimate of drug-likeness (QED) is 0.548. The van der Waals surface area contributed by atoms with Gasteiger partial charge in [0.2, 0.25) is 0 Å². The molecule has 1 saturated carbocycles. The van der Waals surface area contributed by atoms with E-state index in [0.29, 0.717) is 11.7 Å². The van der Waals surface area contributed by atoms with Crippen molar-refractivity contribution < 1.29 is 4.79 Å². The van der Waals surface area contributed by atoms with Crippen molar-refractivity contribution in [2.45, 2.75) is 59.8 Å². The van der Waals surface area contributed by atoms with Crippen LogP contribution in [0.1, 0.15) is 59.8 Å². The van der Waals surface area contributed by atoms with Gasteiger partial charge in [0.15, 0.2) is 5.78 Å². The summed E-state index contributed by atoms with van der Waals surface area (Å²) >= 11 is 0. The summed E-state index contributed by atoms with van der Waals surface area (Å²) in [6.45, 7) is 8.50. The Bertz CT molecular complexity index is 423. The molecule has 20 heavy (non-hydrogen) atoms. The predicted octanol–water partition coefficient (Wildman–Crippen LogP) is 4.53. The Labute approximate surface area is 123 Å². The second-order valence-corrected chi connectivity index (χ2v) is 6.23. The van der Waals surface area contributed by atoms with Gasteiger partial charge < -0.3 is 5.73 Å². The van der Waals surface area contributed by atoms with Crippen molar-refractivity contribution in [3.8, 4) is 0 Å². The Hall–Kier alpha value is -1.31. The number of ketones is 1. The summed E-state index contributed by atoms with van der Waals surface area (Å²) in [5.41, 5.74) is 8.71. The zero-order chi connectivity index (χ0) is 15.1. The highest BCUT2D eigenvalue weighted by Crippen LogP contribution is 2.31. The third kappa shape index (κ3) is 4.99. The second-order valence-electron chi connectivity index (χ2n) is 6.23. The molecule has 2 heteroatoms. The predicted molar refractivity (Wildman–Crippen MR) is 86.2 cm³/mol. The summed E-state index contributed by atoms with van der Waals surface area (Å²) in [5.74, 6) is 1.12. The normalized spacial score (nSPS) is 18.4. The van der Waals surface area contributed by atoms with E-state index < -0.39 is 0 Å². The summed E-state index contributed by atoms with van der Waals surface area (Å²) in [6, 6.07) is 0. The number of carbonyl (C=O) groups is 1.